The van der Waals surface area contributed by atoms with E-state index in [1.54, 1.807) is 12.3 Å². The number of ether oxygens (including phenoxy) is 1. The van der Waals surface area contributed by atoms with E-state index in [-0.39, 0.29) is 6.42 Å². The smallest absolute Gasteiger partial charge is 0.333 e. The Labute approximate surface area is 76.1 Å². The molecule has 0 fully saturated rings. The number of methoxy groups -OCH3 is 1. The van der Waals surface area contributed by atoms with Crippen molar-refractivity contribution in [2.45, 2.75) is 19.4 Å². The van der Waals surface area contributed by atoms with Crippen LogP contribution in [0.25, 0.3) is 0 Å². The lowest BCUT2D eigenvalue weighted by atomic mass is 10.1. The number of rotatable bonds is 4. The van der Waals surface area contributed by atoms with Gasteiger partial charge in [-0.3, -0.25) is 0 Å². The van der Waals surface area contributed by atoms with E-state index in [1.807, 2.05) is 6.92 Å². The molecular weight excluding hydrogens is 172 g/mol. The molecule has 1 atom stereocenters. The third-order valence-corrected chi connectivity index (χ3v) is 1.90. The van der Waals surface area contributed by atoms with Crippen molar-refractivity contribution in [3.63, 3.8) is 0 Å². The number of carboxylic acid groups (broad SMARTS) is 1. The van der Waals surface area contributed by atoms with E-state index < -0.39 is 12.1 Å². The van der Waals surface area contributed by atoms with E-state index >= 15 is 0 Å². The summed E-state index contributed by atoms with van der Waals surface area (Å²) in [6.45, 7) is 1.87. The van der Waals surface area contributed by atoms with Crippen molar-refractivity contribution in [2.24, 2.45) is 0 Å². The van der Waals surface area contributed by atoms with Gasteiger partial charge in [0.05, 0.1) is 6.26 Å². The van der Waals surface area contributed by atoms with Crippen LogP contribution in [0.15, 0.2) is 16.7 Å². The van der Waals surface area contributed by atoms with Crippen LogP contribution in [0.2, 0.25) is 0 Å². The lowest BCUT2D eigenvalue weighted by Gasteiger charge is -2.08. The molecule has 0 aliphatic heterocycles. The van der Waals surface area contributed by atoms with Gasteiger partial charge in [-0.05, 0) is 18.6 Å². The standard InChI is InChI=1S/C9H12O4/c1-6-3-4-13-7(6)5-8(12-2)9(10)11/h3-4,8H,5H2,1-2H3,(H,10,11). The molecule has 1 N–H and O–H groups in total. The summed E-state index contributed by atoms with van der Waals surface area (Å²) in [5.41, 5.74) is 0.948. The Balaban J connectivity index is 2.67. The third-order valence-electron chi connectivity index (χ3n) is 1.90. The fourth-order valence-corrected chi connectivity index (χ4v) is 1.05. The summed E-state index contributed by atoms with van der Waals surface area (Å²) in [7, 11) is 1.37. The highest BCUT2D eigenvalue weighted by atomic mass is 16.5. The Morgan fingerprint density at radius 1 is 1.77 bits per heavy atom. The number of carboxylic acids is 1. The van der Waals surface area contributed by atoms with Crippen LogP contribution in [0, 0.1) is 6.92 Å². The Morgan fingerprint density at radius 3 is 2.85 bits per heavy atom. The third kappa shape index (κ3) is 2.32. The Morgan fingerprint density at radius 2 is 2.46 bits per heavy atom. The van der Waals surface area contributed by atoms with E-state index in [1.165, 1.54) is 7.11 Å². The molecule has 0 bridgehead atoms. The van der Waals surface area contributed by atoms with Crippen LogP contribution < -0.4 is 0 Å². The summed E-state index contributed by atoms with van der Waals surface area (Å²) >= 11 is 0. The Bertz CT molecular complexity index is 290. The molecular formula is C9H12O4. The largest absolute Gasteiger partial charge is 0.479 e. The Hall–Kier alpha value is -1.29. The van der Waals surface area contributed by atoms with E-state index in [0.717, 1.165) is 5.56 Å². The molecule has 1 aromatic heterocycles. The molecule has 0 saturated heterocycles. The van der Waals surface area contributed by atoms with Gasteiger partial charge in [0.15, 0.2) is 6.10 Å². The van der Waals surface area contributed by atoms with E-state index in [2.05, 4.69) is 0 Å². The molecule has 0 aliphatic carbocycles. The van der Waals surface area contributed by atoms with Gasteiger partial charge in [0.25, 0.3) is 0 Å². The first-order valence-electron chi connectivity index (χ1n) is 3.93. The zero-order valence-corrected chi connectivity index (χ0v) is 7.61. The molecule has 72 valence electrons. The van der Waals surface area contributed by atoms with Crippen molar-refractivity contribution in [1.29, 1.82) is 0 Å². The first-order chi connectivity index (χ1) is 6.15. The maximum Gasteiger partial charge on any atom is 0.333 e. The molecule has 13 heavy (non-hydrogen) atoms. The number of aryl methyl sites for hydroxylation is 1. The fraction of sp³-hybridized carbons (Fsp3) is 0.444. The Kier molecular flexibility index (Phi) is 3.08. The molecule has 0 amide bonds. The molecule has 4 heteroatoms. The minimum Gasteiger partial charge on any atom is -0.479 e. The zero-order valence-electron chi connectivity index (χ0n) is 7.61. The summed E-state index contributed by atoms with van der Waals surface area (Å²) in [4.78, 5) is 10.6. The maximum absolute atomic E-state index is 10.6. The molecule has 4 nitrogen and oxygen atoms in total. The first-order valence-corrected chi connectivity index (χ1v) is 3.93. The highest BCUT2D eigenvalue weighted by Crippen LogP contribution is 2.12. The van der Waals surface area contributed by atoms with E-state index in [4.69, 9.17) is 14.3 Å². The second-order valence-corrected chi connectivity index (χ2v) is 2.79. The summed E-state index contributed by atoms with van der Waals surface area (Å²) in [6.07, 6.45) is 0.981. The summed E-state index contributed by atoms with van der Waals surface area (Å²) in [6, 6.07) is 1.80. The SMILES string of the molecule is COC(Cc1occc1C)C(=O)O. The van der Waals surface area contributed by atoms with Crippen LogP contribution >= 0.6 is 0 Å². The molecule has 1 heterocycles. The van der Waals surface area contributed by atoms with Crippen molar-refractivity contribution in [3.05, 3.63) is 23.7 Å². The normalized spacial score (nSPS) is 12.8. The summed E-state index contributed by atoms with van der Waals surface area (Å²) < 4.78 is 9.88. The predicted molar refractivity (Wildman–Crippen MR) is 45.6 cm³/mol. The highest BCUT2D eigenvalue weighted by Gasteiger charge is 2.19. The molecule has 0 aliphatic rings. The van der Waals surface area contributed by atoms with Crippen molar-refractivity contribution in [1.82, 2.24) is 0 Å². The number of aliphatic carboxylic acids is 1. The second-order valence-electron chi connectivity index (χ2n) is 2.79. The molecule has 0 spiro atoms. The van der Waals surface area contributed by atoms with Crippen LogP contribution in [0.5, 0.6) is 0 Å². The van der Waals surface area contributed by atoms with Crippen molar-refractivity contribution >= 4 is 5.97 Å². The monoisotopic (exact) mass is 184 g/mol. The van der Waals surface area contributed by atoms with Gasteiger partial charge in [-0.1, -0.05) is 0 Å². The molecule has 0 aromatic carbocycles. The van der Waals surface area contributed by atoms with Crippen LogP contribution in [0.4, 0.5) is 0 Å². The highest BCUT2D eigenvalue weighted by molar-refractivity contribution is 5.72. The molecule has 1 rings (SSSR count). The van der Waals surface area contributed by atoms with Gasteiger partial charge in [0.1, 0.15) is 5.76 Å². The molecule has 1 aromatic rings. The zero-order chi connectivity index (χ0) is 9.84. The van der Waals surface area contributed by atoms with E-state index in [9.17, 15) is 4.79 Å². The topological polar surface area (TPSA) is 59.7 Å². The number of hydrogen-bond acceptors (Lipinski definition) is 3. The van der Waals surface area contributed by atoms with Crippen molar-refractivity contribution in [2.75, 3.05) is 7.11 Å². The minimum absolute atomic E-state index is 0.269. The van der Waals surface area contributed by atoms with Crippen LogP contribution in [0.1, 0.15) is 11.3 Å². The number of carbonyl (C=O) groups is 1. The maximum atomic E-state index is 10.6. The van der Waals surface area contributed by atoms with Gasteiger partial charge >= 0.3 is 5.97 Å². The van der Waals surface area contributed by atoms with Crippen LogP contribution in [0.3, 0.4) is 0 Å². The molecule has 0 radical (unpaired) electrons. The van der Waals surface area contributed by atoms with Gasteiger partial charge in [-0.25, -0.2) is 4.79 Å². The number of hydrogen-bond donors (Lipinski definition) is 1. The average molecular weight is 184 g/mol. The van der Waals surface area contributed by atoms with Crippen molar-refractivity contribution < 1.29 is 19.1 Å². The van der Waals surface area contributed by atoms with Gasteiger partial charge in [0, 0.05) is 13.5 Å². The van der Waals surface area contributed by atoms with Crippen LogP contribution in [-0.4, -0.2) is 24.3 Å². The predicted octanol–water partition coefficient (Wildman–Crippen LogP) is 1.23. The van der Waals surface area contributed by atoms with Crippen molar-refractivity contribution in [3.8, 4) is 0 Å². The van der Waals surface area contributed by atoms with Gasteiger partial charge < -0.3 is 14.3 Å². The van der Waals surface area contributed by atoms with E-state index in [0.29, 0.717) is 5.76 Å². The summed E-state index contributed by atoms with van der Waals surface area (Å²) in [5.74, 6) is -0.312. The quantitative estimate of drug-likeness (QED) is 0.764. The van der Waals surface area contributed by atoms with Gasteiger partial charge in [0.2, 0.25) is 0 Å². The number of furan rings is 1. The fourth-order valence-electron chi connectivity index (χ4n) is 1.05. The second kappa shape index (κ2) is 4.09. The molecule has 0 saturated carbocycles. The lowest BCUT2D eigenvalue weighted by Crippen LogP contribution is -2.24. The summed E-state index contributed by atoms with van der Waals surface area (Å²) in [5, 5.41) is 8.70. The van der Waals surface area contributed by atoms with Gasteiger partial charge in [-0.2, -0.15) is 0 Å². The lowest BCUT2D eigenvalue weighted by molar-refractivity contribution is -0.148. The minimum atomic E-state index is -0.974. The molecule has 1 unspecified atom stereocenters. The first kappa shape index (κ1) is 9.80. The van der Waals surface area contributed by atoms with Crippen LogP contribution in [-0.2, 0) is 16.0 Å². The van der Waals surface area contributed by atoms with Gasteiger partial charge in [-0.15, -0.1) is 0 Å². The average Bonchev–Trinajstić information content (AvgIpc) is 2.46.